The van der Waals surface area contributed by atoms with Crippen LogP contribution in [0.5, 0.6) is 0 Å². The highest BCUT2D eigenvalue weighted by atomic mass is 19.1. The van der Waals surface area contributed by atoms with Gasteiger partial charge in [0.25, 0.3) is 0 Å². The fraction of sp³-hybridized carbons (Fsp3) is 0.333. The van der Waals surface area contributed by atoms with Crippen LogP contribution in [-0.4, -0.2) is 20.5 Å². The zero-order valence-corrected chi connectivity index (χ0v) is 12.0. The lowest BCUT2D eigenvalue weighted by Gasteiger charge is -2.41. The molecule has 7 heteroatoms. The third-order valence-electron chi connectivity index (χ3n) is 4.03. The Morgan fingerprint density at radius 1 is 1.45 bits per heavy atom. The number of aromatic nitrogens is 2. The highest BCUT2D eigenvalue weighted by molar-refractivity contribution is 5.73. The third-order valence-corrected chi connectivity index (χ3v) is 4.03. The normalized spacial score (nSPS) is 23.8. The lowest BCUT2D eigenvalue weighted by molar-refractivity contribution is -0.0535. The first kappa shape index (κ1) is 14.4. The van der Waals surface area contributed by atoms with E-state index in [1.807, 2.05) is 6.07 Å². The SMILES string of the molecule is CC1(O)CC(n2nc(-c3ccc(N)c(F)c3)c(C#N)c2N)C1. The third kappa shape index (κ3) is 2.18. The van der Waals surface area contributed by atoms with Crippen LogP contribution in [0.25, 0.3) is 11.3 Å². The van der Waals surface area contributed by atoms with Crippen LogP contribution in [0.4, 0.5) is 15.9 Å². The second-order valence-corrected chi connectivity index (χ2v) is 5.96. The molecule has 0 bridgehead atoms. The Kier molecular flexibility index (Phi) is 3.07. The number of hydrogen-bond donors (Lipinski definition) is 3. The molecule has 0 amide bonds. The van der Waals surface area contributed by atoms with Gasteiger partial charge >= 0.3 is 0 Å². The van der Waals surface area contributed by atoms with Crippen molar-refractivity contribution in [3.63, 3.8) is 0 Å². The average molecular weight is 301 g/mol. The van der Waals surface area contributed by atoms with E-state index in [1.165, 1.54) is 12.1 Å². The number of nitrogens with two attached hydrogens (primary N) is 2. The first-order valence-electron chi connectivity index (χ1n) is 6.88. The van der Waals surface area contributed by atoms with Crippen molar-refractivity contribution in [2.24, 2.45) is 0 Å². The molecule has 0 saturated heterocycles. The van der Waals surface area contributed by atoms with Crippen molar-refractivity contribution >= 4 is 11.5 Å². The highest BCUT2D eigenvalue weighted by Gasteiger charge is 2.41. The van der Waals surface area contributed by atoms with E-state index in [2.05, 4.69) is 5.10 Å². The van der Waals surface area contributed by atoms with Gasteiger partial charge in [0.1, 0.15) is 29.0 Å². The van der Waals surface area contributed by atoms with Gasteiger partial charge in [-0.25, -0.2) is 9.07 Å². The fourth-order valence-corrected chi connectivity index (χ4v) is 2.84. The smallest absolute Gasteiger partial charge is 0.146 e. The van der Waals surface area contributed by atoms with Crippen LogP contribution < -0.4 is 11.5 Å². The molecule has 1 fully saturated rings. The lowest BCUT2D eigenvalue weighted by atomic mass is 9.77. The van der Waals surface area contributed by atoms with Crippen molar-refractivity contribution in [1.82, 2.24) is 9.78 Å². The summed E-state index contributed by atoms with van der Waals surface area (Å²) in [7, 11) is 0. The minimum Gasteiger partial charge on any atom is -0.396 e. The molecule has 5 N–H and O–H groups in total. The average Bonchev–Trinajstić information content (AvgIpc) is 2.75. The standard InChI is InChI=1S/C15H16FN5O/c1-15(22)5-9(6-15)21-14(19)10(7-17)13(20-21)8-2-3-12(18)11(16)4-8/h2-4,9,22H,5-6,18-19H2,1H3. The summed E-state index contributed by atoms with van der Waals surface area (Å²) in [5.74, 6) is -0.337. The number of nitriles is 1. The van der Waals surface area contributed by atoms with E-state index < -0.39 is 11.4 Å². The molecule has 0 spiro atoms. The minimum absolute atomic E-state index is 0.0321. The number of halogens is 1. The van der Waals surface area contributed by atoms with E-state index in [-0.39, 0.29) is 23.1 Å². The van der Waals surface area contributed by atoms with Gasteiger partial charge < -0.3 is 16.6 Å². The van der Waals surface area contributed by atoms with Gasteiger partial charge in [-0.05, 0) is 31.9 Å². The second kappa shape index (κ2) is 4.71. The molecule has 22 heavy (non-hydrogen) atoms. The van der Waals surface area contributed by atoms with Crippen LogP contribution in [0.2, 0.25) is 0 Å². The Morgan fingerprint density at radius 2 is 2.14 bits per heavy atom. The molecule has 2 aromatic rings. The molecule has 1 aromatic heterocycles. The van der Waals surface area contributed by atoms with E-state index in [4.69, 9.17) is 11.5 Å². The summed E-state index contributed by atoms with van der Waals surface area (Å²) in [5, 5.41) is 23.5. The summed E-state index contributed by atoms with van der Waals surface area (Å²) in [6.07, 6.45) is 1.03. The van der Waals surface area contributed by atoms with Gasteiger partial charge in [-0.3, -0.25) is 0 Å². The van der Waals surface area contributed by atoms with Crippen LogP contribution in [0, 0.1) is 17.1 Å². The number of anilines is 2. The van der Waals surface area contributed by atoms with Crippen LogP contribution in [0.15, 0.2) is 18.2 Å². The van der Waals surface area contributed by atoms with Gasteiger partial charge in [0.15, 0.2) is 0 Å². The molecular weight excluding hydrogens is 285 g/mol. The van der Waals surface area contributed by atoms with E-state index in [0.717, 1.165) is 0 Å². The topological polar surface area (TPSA) is 114 Å². The van der Waals surface area contributed by atoms with Crippen LogP contribution in [0.1, 0.15) is 31.4 Å². The minimum atomic E-state index is -0.733. The lowest BCUT2D eigenvalue weighted by Crippen LogP contribution is -2.42. The van der Waals surface area contributed by atoms with E-state index in [1.54, 1.807) is 17.7 Å². The highest BCUT2D eigenvalue weighted by Crippen LogP contribution is 2.43. The zero-order chi connectivity index (χ0) is 16.1. The number of benzene rings is 1. The van der Waals surface area contributed by atoms with Gasteiger partial charge in [0.2, 0.25) is 0 Å². The van der Waals surface area contributed by atoms with Crippen molar-refractivity contribution < 1.29 is 9.50 Å². The maximum absolute atomic E-state index is 13.6. The molecular formula is C15H16FN5O. The monoisotopic (exact) mass is 301 g/mol. The Labute approximate surface area is 126 Å². The quantitative estimate of drug-likeness (QED) is 0.732. The van der Waals surface area contributed by atoms with E-state index in [9.17, 15) is 14.8 Å². The Balaban J connectivity index is 2.05. The molecule has 0 atom stereocenters. The summed E-state index contributed by atoms with van der Waals surface area (Å²) in [5.41, 5.74) is 11.7. The molecule has 0 unspecified atom stereocenters. The van der Waals surface area contributed by atoms with Gasteiger partial charge in [-0.15, -0.1) is 0 Å². The summed E-state index contributed by atoms with van der Waals surface area (Å²) in [4.78, 5) is 0. The maximum atomic E-state index is 13.6. The summed E-state index contributed by atoms with van der Waals surface area (Å²) in [6.45, 7) is 1.74. The first-order chi connectivity index (χ1) is 10.3. The van der Waals surface area contributed by atoms with Crippen molar-refractivity contribution in [2.75, 3.05) is 11.5 Å². The maximum Gasteiger partial charge on any atom is 0.146 e. The number of nitrogen functional groups attached to an aromatic ring is 2. The zero-order valence-electron chi connectivity index (χ0n) is 12.0. The molecule has 3 rings (SSSR count). The molecule has 6 nitrogen and oxygen atoms in total. The molecule has 0 aliphatic heterocycles. The van der Waals surface area contributed by atoms with Crippen molar-refractivity contribution in [2.45, 2.75) is 31.4 Å². The predicted molar refractivity (Wildman–Crippen MR) is 80.1 cm³/mol. The number of hydrogen-bond acceptors (Lipinski definition) is 5. The molecule has 1 saturated carbocycles. The first-order valence-corrected chi connectivity index (χ1v) is 6.88. The number of nitrogens with zero attached hydrogens (tertiary/aromatic N) is 3. The molecule has 1 aliphatic carbocycles. The van der Waals surface area contributed by atoms with Gasteiger partial charge in [0, 0.05) is 5.56 Å². The molecule has 1 heterocycles. The Hall–Kier alpha value is -2.59. The number of rotatable bonds is 2. The molecule has 114 valence electrons. The Morgan fingerprint density at radius 3 is 2.68 bits per heavy atom. The number of aliphatic hydroxyl groups is 1. The molecule has 0 radical (unpaired) electrons. The summed E-state index contributed by atoms with van der Waals surface area (Å²) in [6, 6.07) is 6.22. The van der Waals surface area contributed by atoms with Gasteiger partial charge in [-0.1, -0.05) is 6.07 Å². The summed E-state index contributed by atoms with van der Waals surface area (Å²) < 4.78 is 15.2. The second-order valence-electron chi connectivity index (χ2n) is 5.96. The van der Waals surface area contributed by atoms with E-state index >= 15 is 0 Å². The van der Waals surface area contributed by atoms with Gasteiger partial charge in [0.05, 0.1) is 17.3 Å². The summed E-state index contributed by atoms with van der Waals surface area (Å²) >= 11 is 0. The van der Waals surface area contributed by atoms with E-state index in [0.29, 0.717) is 24.1 Å². The largest absolute Gasteiger partial charge is 0.396 e. The van der Waals surface area contributed by atoms with Crippen LogP contribution >= 0.6 is 0 Å². The molecule has 1 aliphatic rings. The van der Waals surface area contributed by atoms with Gasteiger partial charge in [-0.2, -0.15) is 10.4 Å². The fourth-order valence-electron chi connectivity index (χ4n) is 2.84. The van der Waals surface area contributed by atoms with Crippen molar-refractivity contribution in [3.8, 4) is 17.3 Å². The van der Waals surface area contributed by atoms with Crippen molar-refractivity contribution in [3.05, 3.63) is 29.6 Å². The van der Waals surface area contributed by atoms with Crippen LogP contribution in [0.3, 0.4) is 0 Å². The Bertz CT molecular complexity index is 782. The predicted octanol–water partition coefficient (Wildman–Crippen LogP) is 1.81. The van der Waals surface area contributed by atoms with Crippen LogP contribution in [-0.2, 0) is 0 Å². The van der Waals surface area contributed by atoms with Crippen molar-refractivity contribution in [1.29, 1.82) is 5.26 Å². The molecule has 1 aromatic carbocycles.